The number of halogens is 1. The first kappa shape index (κ1) is 19.9. The molecule has 0 unspecified atom stereocenters. The topological polar surface area (TPSA) is 69.0 Å². The zero-order valence-electron chi connectivity index (χ0n) is 17.2. The largest absolute Gasteiger partial charge is 0.497 e. The summed E-state index contributed by atoms with van der Waals surface area (Å²) in [7, 11) is 1.61. The fourth-order valence-electron chi connectivity index (χ4n) is 3.43. The highest BCUT2D eigenvalue weighted by Gasteiger charge is 2.20. The average Bonchev–Trinajstić information content (AvgIpc) is 3.07. The molecule has 0 bridgehead atoms. The van der Waals surface area contributed by atoms with Crippen LogP contribution in [0.15, 0.2) is 48.7 Å². The maximum atomic E-state index is 12.9. The minimum atomic E-state index is -0.310. The highest BCUT2D eigenvalue weighted by molar-refractivity contribution is 6.39. The second kappa shape index (κ2) is 7.80. The summed E-state index contributed by atoms with van der Waals surface area (Å²) in [4.78, 5) is 17.4. The van der Waals surface area contributed by atoms with Crippen LogP contribution in [-0.4, -0.2) is 27.8 Å². The van der Waals surface area contributed by atoms with Gasteiger partial charge in [-0.1, -0.05) is 35.4 Å². The molecule has 1 amide bonds. The lowest BCUT2D eigenvalue weighted by atomic mass is 10.1. The second-order valence-corrected chi connectivity index (χ2v) is 7.53. The highest BCUT2D eigenvalue weighted by atomic mass is 35.5. The van der Waals surface area contributed by atoms with Gasteiger partial charge in [-0.05, 0) is 44.5 Å². The maximum Gasteiger partial charge on any atom is 0.258 e. The van der Waals surface area contributed by atoms with Crippen molar-refractivity contribution in [2.24, 2.45) is 0 Å². The van der Waals surface area contributed by atoms with Crippen molar-refractivity contribution < 1.29 is 9.53 Å². The third-order valence-corrected chi connectivity index (χ3v) is 5.37. The summed E-state index contributed by atoms with van der Waals surface area (Å²) in [6, 6.07) is 13.4. The molecule has 0 saturated heterocycles. The van der Waals surface area contributed by atoms with Gasteiger partial charge >= 0.3 is 0 Å². The fourth-order valence-corrected chi connectivity index (χ4v) is 3.79. The summed E-state index contributed by atoms with van der Waals surface area (Å²) < 4.78 is 7.00. The number of benzene rings is 2. The minimum absolute atomic E-state index is 0.303. The van der Waals surface area contributed by atoms with E-state index in [-0.39, 0.29) is 5.91 Å². The SMILES string of the molecule is COc1cccc(-n2nc(C)c3c(Cl)c(C(=O)Nc4ccc(C)cc4C)cnc32)c1. The van der Waals surface area contributed by atoms with Crippen LogP contribution in [0.3, 0.4) is 0 Å². The van der Waals surface area contributed by atoms with Crippen LogP contribution in [0, 0.1) is 20.8 Å². The van der Waals surface area contributed by atoms with E-state index in [2.05, 4.69) is 15.4 Å². The van der Waals surface area contributed by atoms with E-state index in [0.29, 0.717) is 33.1 Å². The van der Waals surface area contributed by atoms with E-state index in [0.717, 1.165) is 22.5 Å². The van der Waals surface area contributed by atoms with Crippen molar-refractivity contribution in [1.82, 2.24) is 14.8 Å². The quantitative estimate of drug-likeness (QED) is 0.489. The Morgan fingerprint density at radius 3 is 2.67 bits per heavy atom. The minimum Gasteiger partial charge on any atom is -0.497 e. The zero-order chi connectivity index (χ0) is 21.4. The van der Waals surface area contributed by atoms with Gasteiger partial charge < -0.3 is 10.1 Å². The van der Waals surface area contributed by atoms with Crippen molar-refractivity contribution in [3.05, 3.63) is 76.1 Å². The molecule has 30 heavy (non-hydrogen) atoms. The summed E-state index contributed by atoms with van der Waals surface area (Å²) in [6.07, 6.45) is 1.49. The van der Waals surface area contributed by atoms with Crippen molar-refractivity contribution in [3.8, 4) is 11.4 Å². The Balaban J connectivity index is 1.76. The predicted molar refractivity (Wildman–Crippen MR) is 119 cm³/mol. The number of ether oxygens (including phenoxy) is 1. The molecule has 0 atom stereocenters. The zero-order valence-corrected chi connectivity index (χ0v) is 17.9. The predicted octanol–water partition coefficient (Wildman–Crippen LogP) is 5.26. The van der Waals surface area contributed by atoms with Gasteiger partial charge in [-0.3, -0.25) is 4.79 Å². The van der Waals surface area contributed by atoms with Crippen LogP contribution in [0.2, 0.25) is 5.02 Å². The lowest BCUT2D eigenvalue weighted by molar-refractivity contribution is 0.102. The van der Waals surface area contributed by atoms with Crippen LogP contribution in [-0.2, 0) is 0 Å². The first-order valence-corrected chi connectivity index (χ1v) is 9.83. The number of pyridine rings is 1. The van der Waals surface area contributed by atoms with E-state index in [4.69, 9.17) is 16.3 Å². The van der Waals surface area contributed by atoms with Crippen molar-refractivity contribution in [2.75, 3.05) is 12.4 Å². The molecular formula is C23H21ClN4O2. The fraction of sp³-hybridized carbons (Fsp3) is 0.174. The molecule has 6 nitrogen and oxygen atoms in total. The Kier molecular flexibility index (Phi) is 5.18. The summed E-state index contributed by atoms with van der Waals surface area (Å²) >= 11 is 6.65. The Morgan fingerprint density at radius 2 is 1.93 bits per heavy atom. The molecule has 0 spiro atoms. The number of methoxy groups -OCH3 is 1. The van der Waals surface area contributed by atoms with Crippen LogP contribution in [0.5, 0.6) is 5.75 Å². The number of nitrogens with zero attached hydrogens (tertiary/aromatic N) is 3. The van der Waals surface area contributed by atoms with Crippen LogP contribution < -0.4 is 10.1 Å². The number of fused-ring (bicyclic) bond motifs is 1. The van der Waals surface area contributed by atoms with Gasteiger partial charge in [0.25, 0.3) is 5.91 Å². The number of aromatic nitrogens is 3. The summed E-state index contributed by atoms with van der Waals surface area (Å²) in [5.41, 5.74) is 5.22. The molecule has 4 rings (SSSR count). The molecule has 0 saturated carbocycles. The number of carbonyl (C=O) groups excluding carboxylic acids is 1. The first-order chi connectivity index (χ1) is 14.4. The third kappa shape index (κ3) is 3.50. The highest BCUT2D eigenvalue weighted by Crippen LogP contribution is 2.31. The number of hydrogen-bond acceptors (Lipinski definition) is 4. The van der Waals surface area contributed by atoms with E-state index in [1.165, 1.54) is 6.20 Å². The molecular weight excluding hydrogens is 400 g/mol. The van der Waals surface area contributed by atoms with Crippen LogP contribution in [0.1, 0.15) is 27.2 Å². The number of aryl methyl sites for hydroxylation is 3. The van der Waals surface area contributed by atoms with Crippen molar-refractivity contribution in [1.29, 1.82) is 0 Å². The molecule has 0 aliphatic carbocycles. The smallest absolute Gasteiger partial charge is 0.258 e. The molecule has 7 heteroatoms. The summed E-state index contributed by atoms with van der Waals surface area (Å²) in [5, 5.41) is 8.49. The van der Waals surface area contributed by atoms with E-state index in [1.807, 2.05) is 63.2 Å². The summed E-state index contributed by atoms with van der Waals surface area (Å²) in [6.45, 7) is 5.81. The number of anilines is 1. The number of rotatable bonds is 4. The van der Waals surface area contributed by atoms with E-state index < -0.39 is 0 Å². The maximum absolute atomic E-state index is 12.9. The van der Waals surface area contributed by atoms with Gasteiger partial charge in [0, 0.05) is 18.0 Å². The molecule has 2 aromatic heterocycles. The molecule has 1 N–H and O–H groups in total. The van der Waals surface area contributed by atoms with E-state index in [1.54, 1.807) is 11.8 Å². The monoisotopic (exact) mass is 420 g/mol. The number of hydrogen-bond donors (Lipinski definition) is 1. The standard InChI is InChI=1S/C23H21ClN4O2/c1-13-8-9-19(14(2)10-13)26-23(29)18-12-25-22-20(21(18)24)15(3)27-28(22)16-6-5-7-17(11-16)30-4/h5-12H,1-4H3,(H,26,29). The Bertz CT molecular complexity index is 1280. The van der Waals surface area contributed by atoms with Crippen molar-refractivity contribution in [3.63, 3.8) is 0 Å². The van der Waals surface area contributed by atoms with Gasteiger partial charge in [0.2, 0.25) is 0 Å². The molecule has 152 valence electrons. The van der Waals surface area contributed by atoms with Gasteiger partial charge in [-0.15, -0.1) is 0 Å². The Labute approximate surface area is 179 Å². The number of nitrogens with one attached hydrogen (secondary N) is 1. The lowest BCUT2D eigenvalue weighted by Gasteiger charge is -2.11. The van der Waals surface area contributed by atoms with Crippen molar-refractivity contribution >= 4 is 34.2 Å². The molecule has 0 radical (unpaired) electrons. The Hall–Kier alpha value is -3.38. The van der Waals surface area contributed by atoms with Crippen LogP contribution in [0.25, 0.3) is 16.7 Å². The van der Waals surface area contributed by atoms with Gasteiger partial charge in [-0.2, -0.15) is 5.10 Å². The third-order valence-electron chi connectivity index (χ3n) is 4.98. The van der Waals surface area contributed by atoms with Gasteiger partial charge in [-0.25, -0.2) is 9.67 Å². The van der Waals surface area contributed by atoms with E-state index >= 15 is 0 Å². The van der Waals surface area contributed by atoms with Gasteiger partial charge in [0.15, 0.2) is 5.65 Å². The molecule has 2 heterocycles. The molecule has 0 aliphatic rings. The lowest BCUT2D eigenvalue weighted by Crippen LogP contribution is -2.14. The molecule has 0 aliphatic heterocycles. The summed E-state index contributed by atoms with van der Waals surface area (Å²) in [5.74, 6) is 0.402. The van der Waals surface area contributed by atoms with Crippen LogP contribution in [0.4, 0.5) is 5.69 Å². The van der Waals surface area contributed by atoms with Crippen LogP contribution >= 0.6 is 11.6 Å². The molecule has 2 aromatic carbocycles. The number of amides is 1. The van der Waals surface area contributed by atoms with E-state index in [9.17, 15) is 4.79 Å². The number of carbonyl (C=O) groups is 1. The normalized spacial score (nSPS) is 11.0. The van der Waals surface area contributed by atoms with Gasteiger partial charge in [0.05, 0.1) is 34.5 Å². The van der Waals surface area contributed by atoms with Gasteiger partial charge in [0.1, 0.15) is 5.75 Å². The first-order valence-electron chi connectivity index (χ1n) is 9.46. The second-order valence-electron chi connectivity index (χ2n) is 7.16. The average molecular weight is 421 g/mol. The van der Waals surface area contributed by atoms with Crippen molar-refractivity contribution in [2.45, 2.75) is 20.8 Å². The molecule has 4 aromatic rings. The molecule has 0 fully saturated rings. The Morgan fingerprint density at radius 1 is 1.13 bits per heavy atom.